The zero-order chi connectivity index (χ0) is 15.1. The Morgan fingerprint density at radius 1 is 1.25 bits per heavy atom. The van der Waals surface area contributed by atoms with E-state index in [0.29, 0.717) is 11.3 Å². The summed E-state index contributed by atoms with van der Waals surface area (Å²) in [5, 5.41) is 8.52. The molecule has 1 aromatic rings. The number of hydrogen-bond acceptors (Lipinski definition) is 4. The fourth-order valence-electron chi connectivity index (χ4n) is 1.36. The molecule has 0 saturated heterocycles. The number of amides is 2. The zero-order valence-corrected chi connectivity index (χ0v) is 11.0. The van der Waals surface area contributed by atoms with Gasteiger partial charge in [-0.05, 0) is 24.3 Å². The number of nitrogens with two attached hydrogens (primary N) is 1. The summed E-state index contributed by atoms with van der Waals surface area (Å²) in [4.78, 5) is 34.2. The number of benzene rings is 1. The lowest BCUT2D eigenvalue weighted by atomic mass is 10.2. The van der Waals surface area contributed by atoms with E-state index >= 15 is 0 Å². The predicted octanol–water partition coefficient (Wildman–Crippen LogP) is 0.0974. The molecule has 0 fully saturated rings. The largest absolute Gasteiger partial charge is 0.484 e. The van der Waals surface area contributed by atoms with Crippen molar-refractivity contribution in [3.05, 3.63) is 29.8 Å². The molecule has 7 nitrogen and oxygen atoms in total. The Bertz CT molecular complexity index is 498. The maximum Gasteiger partial charge on any atom is 0.305 e. The average molecular weight is 280 g/mol. The summed E-state index contributed by atoms with van der Waals surface area (Å²) >= 11 is 0. The minimum atomic E-state index is -0.965. The van der Waals surface area contributed by atoms with Gasteiger partial charge < -0.3 is 20.5 Å². The number of ether oxygens (including phenoxy) is 1. The number of carboxylic acids is 1. The highest BCUT2D eigenvalue weighted by Crippen LogP contribution is 2.11. The van der Waals surface area contributed by atoms with Crippen molar-refractivity contribution in [1.29, 1.82) is 0 Å². The molecule has 0 aromatic heterocycles. The lowest BCUT2D eigenvalue weighted by molar-refractivity contribution is -0.138. The van der Waals surface area contributed by atoms with Crippen LogP contribution in [0.1, 0.15) is 16.8 Å². The molecule has 7 heteroatoms. The van der Waals surface area contributed by atoms with Crippen molar-refractivity contribution in [3.8, 4) is 5.75 Å². The lowest BCUT2D eigenvalue weighted by Gasteiger charge is -2.16. The smallest absolute Gasteiger partial charge is 0.305 e. The molecule has 20 heavy (non-hydrogen) atoms. The third-order valence-electron chi connectivity index (χ3n) is 2.59. The second kappa shape index (κ2) is 7.13. The minimum absolute atomic E-state index is 0.116. The van der Waals surface area contributed by atoms with Crippen LogP contribution in [-0.4, -0.2) is 48.0 Å². The number of rotatable bonds is 7. The van der Waals surface area contributed by atoms with Crippen LogP contribution in [0.4, 0.5) is 0 Å². The average Bonchev–Trinajstić information content (AvgIpc) is 2.42. The van der Waals surface area contributed by atoms with Gasteiger partial charge >= 0.3 is 5.97 Å². The Hall–Kier alpha value is -2.57. The predicted molar refractivity (Wildman–Crippen MR) is 70.3 cm³/mol. The molecule has 0 radical (unpaired) electrons. The third-order valence-corrected chi connectivity index (χ3v) is 2.59. The SMILES string of the molecule is CN(CCC(=O)O)C(=O)COc1ccc(C(N)=O)cc1. The number of carbonyl (C=O) groups is 3. The molecule has 0 bridgehead atoms. The fraction of sp³-hybridized carbons (Fsp3) is 0.308. The summed E-state index contributed by atoms with van der Waals surface area (Å²) in [5.74, 6) is -1.41. The van der Waals surface area contributed by atoms with E-state index in [1.54, 1.807) is 0 Å². The first-order valence-corrected chi connectivity index (χ1v) is 5.88. The van der Waals surface area contributed by atoms with Crippen LogP contribution in [0.2, 0.25) is 0 Å². The van der Waals surface area contributed by atoms with E-state index in [2.05, 4.69) is 0 Å². The van der Waals surface area contributed by atoms with E-state index in [9.17, 15) is 14.4 Å². The van der Waals surface area contributed by atoms with Crippen LogP contribution in [0.5, 0.6) is 5.75 Å². The highest BCUT2D eigenvalue weighted by atomic mass is 16.5. The van der Waals surface area contributed by atoms with Crippen LogP contribution in [0.25, 0.3) is 0 Å². The summed E-state index contributed by atoms with van der Waals surface area (Å²) < 4.78 is 5.24. The van der Waals surface area contributed by atoms with Crippen LogP contribution in [0, 0.1) is 0 Å². The topological polar surface area (TPSA) is 110 Å². The van der Waals surface area contributed by atoms with Crippen LogP contribution in [0.15, 0.2) is 24.3 Å². The van der Waals surface area contributed by atoms with Gasteiger partial charge in [-0.1, -0.05) is 0 Å². The van der Waals surface area contributed by atoms with E-state index in [4.69, 9.17) is 15.6 Å². The number of primary amides is 1. The Kier molecular flexibility index (Phi) is 5.52. The fourth-order valence-corrected chi connectivity index (χ4v) is 1.36. The molecule has 0 saturated carbocycles. The van der Waals surface area contributed by atoms with Gasteiger partial charge in [0.2, 0.25) is 5.91 Å². The first-order valence-electron chi connectivity index (χ1n) is 5.88. The quantitative estimate of drug-likeness (QED) is 0.736. The molecule has 1 rings (SSSR count). The molecule has 0 spiro atoms. The van der Waals surface area contributed by atoms with Crippen LogP contribution < -0.4 is 10.5 Å². The number of nitrogens with zero attached hydrogens (tertiary/aromatic N) is 1. The van der Waals surface area contributed by atoms with E-state index < -0.39 is 11.9 Å². The number of carboxylic acid groups (broad SMARTS) is 1. The molecule has 2 amide bonds. The third kappa shape index (κ3) is 4.97. The number of aliphatic carboxylic acids is 1. The van der Waals surface area contributed by atoms with Crippen molar-refractivity contribution in [2.24, 2.45) is 5.73 Å². The molecule has 1 aromatic carbocycles. The van der Waals surface area contributed by atoms with Crippen molar-refractivity contribution in [3.63, 3.8) is 0 Å². The van der Waals surface area contributed by atoms with Gasteiger partial charge in [0.15, 0.2) is 6.61 Å². The summed E-state index contributed by atoms with van der Waals surface area (Å²) in [6.07, 6.45) is -0.116. The second-order valence-electron chi connectivity index (χ2n) is 4.14. The van der Waals surface area contributed by atoms with E-state index in [1.165, 1.54) is 36.2 Å². The maximum atomic E-state index is 11.6. The molecule has 0 aliphatic heterocycles. The monoisotopic (exact) mass is 280 g/mol. The normalized spacial score (nSPS) is 9.85. The highest BCUT2D eigenvalue weighted by molar-refractivity contribution is 5.92. The number of hydrogen-bond donors (Lipinski definition) is 2. The Morgan fingerprint density at radius 3 is 2.35 bits per heavy atom. The molecule has 0 heterocycles. The molecule has 0 unspecified atom stereocenters. The van der Waals surface area contributed by atoms with Gasteiger partial charge in [0.05, 0.1) is 6.42 Å². The van der Waals surface area contributed by atoms with Crippen molar-refractivity contribution < 1.29 is 24.2 Å². The first-order chi connectivity index (χ1) is 9.40. The first kappa shape index (κ1) is 15.5. The van der Waals surface area contributed by atoms with Crippen LogP contribution >= 0.6 is 0 Å². The summed E-state index contributed by atoms with van der Waals surface area (Å²) in [7, 11) is 1.50. The van der Waals surface area contributed by atoms with E-state index in [1.807, 2.05) is 0 Å². The van der Waals surface area contributed by atoms with Gasteiger partial charge in [0.25, 0.3) is 5.91 Å². The standard InChI is InChI=1S/C13H16N2O5/c1-15(7-6-12(17)18)11(16)8-20-10-4-2-9(3-5-10)13(14)19/h2-5H,6-8H2,1H3,(H2,14,19)(H,17,18). The Morgan fingerprint density at radius 2 is 1.85 bits per heavy atom. The Balaban J connectivity index is 2.44. The number of likely N-dealkylation sites (N-methyl/N-ethyl adjacent to an activating group) is 1. The lowest BCUT2D eigenvalue weighted by Crippen LogP contribution is -2.33. The van der Waals surface area contributed by atoms with Crippen LogP contribution in [0.3, 0.4) is 0 Å². The summed E-state index contributed by atoms with van der Waals surface area (Å²) in [5.41, 5.74) is 5.44. The Labute approximate surface area is 115 Å². The maximum absolute atomic E-state index is 11.6. The summed E-state index contributed by atoms with van der Waals surface area (Å²) in [6.45, 7) is -0.0792. The summed E-state index contributed by atoms with van der Waals surface area (Å²) in [6, 6.07) is 6.06. The van der Waals surface area contributed by atoms with Gasteiger partial charge in [-0.2, -0.15) is 0 Å². The molecule has 0 aliphatic rings. The van der Waals surface area contributed by atoms with Gasteiger partial charge in [-0.25, -0.2) is 0 Å². The van der Waals surface area contributed by atoms with Crippen molar-refractivity contribution in [1.82, 2.24) is 4.90 Å². The van der Waals surface area contributed by atoms with Gasteiger partial charge in [0.1, 0.15) is 5.75 Å². The molecule has 0 atom stereocenters. The van der Waals surface area contributed by atoms with E-state index in [-0.39, 0.29) is 25.5 Å². The highest BCUT2D eigenvalue weighted by Gasteiger charge is 2.11. The molecule has 3 N–H and O–H groups in total. The van der Waals surface area contributed by atoms with Crippen molar-refractivity contribution in [2.45, 2.75) is 6.42 Å². The van der Waals surface area contributed by atoms with Gasteiger partial charge in [-0.15, -0.1) is 0 Å². The molecular weight excluding hydrogens is 264 g/mol. The van der Waals surface area contributed by atoms with Gasteiger partial charge in [-0.3, -0.25) is 14.4 Å². The van der Waals surface area contributed by atoms with Gasteiger partial charge in [0, 0.05) is 19.2 Å². The molecule has 108 valence electrons. The van der Waals surface area contributed by atoms with E-state index in [0.717, 1.165) is 0 Å². The number of carbonyl (C=O) groups excluding carboxylic acids is 2. The van der Waals surface area contributed by atoms with Crippen molar-refractivity contribution >= 4 is 17.8 Å². The minimum Gasteiger partial charge on any atom is -0.484 e. The molecular formula is C13H16N2O5. The molecule has 0 aliphatic carbocycles. The zero-order valence-electron chi connectivity index (χ0n) is 11.0. The van der Waals surface area contributed by atoms with Crippen LogP contribution in [-0.2, 0) is 9.59 Å². The second-order valence-corrected chi connectivity index (χ2v) is 4.14. The van der Waals surface area contributed by atoms with Crippen molar-refractivity contribution in [2.75, 3.05) is 20.2 Å².